The summed E-state index contributed by atoms with van der Waals surface area (Å²) in [5.74, 6) is 3.80. The van der Waals surface area contributed by atoms with Crippen LogP contribution in [0.15, 0.2) is 42.5 Å². The molecule has 64 heavy (non-hydrogen) atoms. The molecule has 5 heterocycles. The zero-order chi connectivity index (χ0) is 45.1. The minimum Gasteiger partial charge on any atom is -0.508 e. The molecule has 8 rings (SSSR count). The van der Waals surface area contributed by atoms with Crippen molar-refractivity contribution in [3.05, 3.63) is 70.3 Å². The van der Waals surface area contributed by atoms with Gasteiger partial charge in [-0.3, -0.25) is 9.59 Å². The molecule has 3 aromatic carbocycles. The summed E-state index contributed by atoms with van der Waals surface area (Å²) in [5.41, 5.74) is 10.4. The number of benzene rings is 3. The van der Waals surface area contributed by atoms with Gasteiger partial charge in [0.25, 0.3) is 0 Å². The highest BCUT2D eigenvalue weighted by atomic mass is 17.2. The minimum absolute atomic E-state index is 0.0347. The number of cyclic esters (lactones) is 1. The smallest absolute Gasteiger partial charge is 0.332 e. The Labute approximate surface area is 369 Å². The van der Waals surface area contributed by atoms with Crippen LogP contribution in [0.1, 0.15) is 66.5 Å². The van der Waals surface area contributed by atoms with E-state index >= 15 is 0 Å². The van der Waals surface area contributed by atoms with E-state index in [1.54, 1.807) is 31.3 Å². The second-order valence-electron chi connectivity index (χ2n) is 16.8. The fourth-order valence-electron chi connectivity index (χ4n) is 8.59. The average molecular weight is 891 g/mol. The highest BCUT2D eigenvalue weighted by Gasteiger charge is 2.50. The minimum atomic E-state index is -1.79. The molecular formula is C46H54N2O16. The van der Waals surface area contributed by atoms with Crippen LogP contribution in [0, 0.1) is 23.7 Å². The molecule has 1 fully saturated rings. The van der Waals surface area contributed by atoms with Crippen LogP contribution in [0.25, 0.3) is 0 Å². The first-order valence-electron chi connectivity index (χ1n) is 21.4. The molecule has 0 radical (unpaired) electrons. The predicted molar refractivity (Wildman–Crippen MR) is 223 cm³/mol. The number of likely N-dealkylation sites (N-methyl/N-ethyl adjacent to an activating group) is 1. The van der Waals surface area contributed by atoms with Crippen molar-refractivity contribution in [1.29, 1.82) is 0 Å². The van der Waals surface area contributed by atoms with Gasteiger partial charge in [0, 0.05) is 60.4 Å². The number of fused-ring (bicyclic) bond motifs is 8. The number of phenols is 1. The van der Waals surface area contributed by atoms with Crippen molar-refractivity contribution < 1.29 is 77.7 Å². The summed E-state index contributed by atoms with van der Waals surface area (Å²) in [6, 6.07) is 11.1. The van der Waals surface area contributed by atoms with Gasteiger partial charge in [0.2, 0.25) is 12.7 Å². The van der Waals surface area contributed by atoms with Gasteiger partial charge in [-0.1, -0.05) is 31.9 Å². The second-order valence-corrected chi connectivity index (χ2v) is 16.8. The van der Waals surface area contributed by atoms with E-state index in [0.717, 1.165) is 22.4 Å². The summed E-state index contributed by atoms with van der Waals surface area (Å²) < 4.78 is 49.0. The molecule has 18 nitrogen and oxygen atoms in total. The highest BCUT2D eigenvalue weighted by Crippen LogP contribution is 2.57. The van der Waals surface area contributed by atoms with Crippen molar-refractivity contribution in [2.24, 2.45) is 17.6 Å². The molecule has 5 aliphatic heterocycles. The van der Waals surface area contributed by atoms with E-state index in [4.69, 9.17) is 53.4 Å². The van der Waals surface area contributed by atoms with Crippen LogP contribution in [0.4, 0.5) is 0 Å². The number of carbonyl (C=O) groups is 2. The van der Waals surface area contributed by atoms with Crippen molar-refractivity contribution in [2.45, 2.75) is 94.3 Å². The largest absolute Gasteiger partial charge is 0.508 e. The monoisotopic (exact) mass is 890 g/mol. The summed E-state index contributed by atoms with van der Waals surface area (Å²) >= 11 is 0. The Kier molecular flexibility index (Phi) is 14.0. The van der Waals surface area contributed by atoms with Gasteiger partial charge in [0.15, 0.2) is 29.6 Å². The van der Waals surface area contributed by atoms with E-state index in [1.807, 2.05) is 18.2 Å². The second kappa shape index (κ2) is 19.8. The third-order valence-electron chi connectivity index (χ3n) is 11.8. The molecule has 7 N–H and O–H groups in total. The number of phenolic OH excluding ortho intramolecular Hbond substituents is 1. The van der Waals surface area contributed by atoms with Crippen LogP contribution in [0.3, 0.4) is 0 Å². The number of aliphatic hydroxyl groups excluding tert-OH is 2. The van der Waals surface area contributed by atoms with E-state index in [0.29, 0.717) is 47.3 Å². The molecule has 10 atom stereocenters. The van der Waals surface area contributed by atoms with Crippen LogP contribution >= 0.6 is 0 Å². The van der Waals surface area contributed by atoms with Crippen molar-refractivity contribution in [2.75, 3.05) is 46.9 Å². The fraction of sp³-hybridized carbons (Fsp3) is 0.522. The maximum absolute atomic E-state index is 13.0. The molecule has 0 spiro atoms. The molecule has 5 aliphatic rings. The van der Waals surface area contributed by atoms with Gasteiger partial charge in [0.1, 0.15) is 48.3 Å². The Morgan fingerprint density at radius 1 is 1.02 bits per heavy atom. The first kappa shape index (κ1) is 45.2. The van der Waals surface area contributed by atoms with Gasteiger partial charge < -0.3 is 74.3 Å². The molecular weight excluding hydrogens is 837 g/mol. The first-order chi connectivity index (χ1) is 30.9. The van der Waals surface area contributed by atoms with Crippen molar-refractivity contribution in [3.8, 4) is 46.3 Å². The zero-order valence-corrected chi connectivity index (χ0v) is 35.7. The third-order valence-corrected chi connectivity index (χ3v) is 11.8. The summed E-state index contributed by atoms with van der Waals surface area (Å²) in [5, 5.41) is 44.7. The maximum Gasteiger partial charge on any atom is 0.332 e. The lowest BCUT2D eigenvalue weighted by Crippen LogP contribution is -2.62. The molecule has 344 valence electrons. The quantitative estimate of drug-likeness (QED) is 0.0361. The van der Waals surface area contributed by atoms with E-state index in [-0.39, 0.29) is 63.3 Å². The van der Waals surface area contributed by atoms with Gasteiger partial charge in [-0.25, -0.2) is 0 Å². The Morgan fingerprint density at radius 2 is 1.86 bits per heavy atom. The van der Waals surface area contributed by atoms with Gasteiger partial charge in [-0.05, 0) is 61.7 Å². The molecule has 3 aromatic rings. The summed E-state index contributed by atoms with van der Waals surface area (Å²) in [4.78, 5) is 37.5. The predicted octanol–water partition coefficient (Wildman–Crippen LogP) is 2.64. The number of carbonyl (C=O) groups excluding carboxylic acids is 1. The Hall–Kier alpha value is -5.36. The lowest BCUT2D eigenvalue weighted by Gasteiger charge is -2.43. The van der Waals surface area contributed by atoms with Gasteiger partial charge >= 0.3 is 11.9 Å². The average Bonchev–Trinajstić information content (AvgIpc) is 3.90. The van der Waals surface area contributed by atoms with E-state index < -0.39 is 73.4 Å². The molecule has 10 unspecified atom stereocenters. The number of hydrogen-bond acceptors (Lipinski definition) is 17. The molecule has 0 aliphatic carbocycles. The van der Waals surface area contributed by atoms with Crippen LogP contribution < -0.4 is 34.9 Å². The summed E-state index contributed by atoms with van der Waals surface area (Å²) in [6.45, 7) is 3.76. The molecule has 0 saturated carbocycles. The van der Waals surface area contributed by atoms with Crippen LogP contribution in [-0.2, 0) is 46.3 Å². The van der Waals surface area contributed by atoms with Crippen LogP contribution in [0.2, 0.25) is 0 Å². The molecule has 18 heteroatoms. The van der Waals surface area contributed by atoms with Gasteiger partial charge in [-0.15, -0.1) is 5.92 Å². The lowest BCUT2D eigenvalue weighted by molar-refractivity contribution is -0.376. The number of hydrogen-bond donors (Lipinski definition) is 6. The normalized spacial score (nSPS) is 28.3. The molecule has 1 saturated heterocycles. The fourth-order valence-corrected chi connectivity index (χ4v) is 8.59. The SMILES string of the molecule is CNC1CC#CC(C(=O)O)C(=O)OCC2OC(OCC1N)C(OOc1cc3c(cc1Cc1cccc(O)c1)OCC1c4cc5c(c(CC(C)C)c4OC31)OCO5)C(O)C2OCCCO. The number of aromatic hydroxyl groups is 1. The molecule has 2 bridgehead atoms. The van der Waals surface area contributed by atoms with E-state index in [9.17, 15) is 30.0 Å². The van der Waals surface area contributed by atoms with Gasteiger partial charge in [0.05, 0.1) is 19.1 Å². The number of carboxylic acids is 1. The van der Waals surface area contributed by atoms with Crippen molar-refractivity contribution in [1.82, 2.24) is 5.32 Å². The Bertz CT molecular complexity index is 2240. The van der Waals surface area contributed by atoms with Crippen LogP contribution in [0.5, 0.6) is 34.5 Å². The third kappa shape index (κ3) is 9.53. The highest BCUT2D eigenvalue weighted by molar-refractivity contribution is 5.97. The number of nitrogens with two attached hydrogens (primary N) is 1. The number of nitrogens with one attached hydrogen (secondary N) is 1. The molecule has 0 aromatic heterocycles. The van der Waals surface area contributed by atoms with E-state index in [2.05, 4.69) is 31.0 Å². The number of carboxylic acid groups (broad SMARTS) is 1. The first-order valence-corrected chi connectivity index (χ1v) is 21.4. The topological polar surface area (TPSA) is 245 Å². The Morgan fingerprint density at radius 3 is 2.62 bits per heavy atom. The standard InChI is InChI=1S/C46H54N2O16/c1-23(2)13-30-39-28(17-36-41(30)60-22-59-36)31-19-56-35-16-25(14-24-7-4-8-26(50)15-24)34(18-29(35)40(31)62-39)63-64-43-38(51)42(55-12-6-11-49)37-21-57-45(54)27(44(52)53)9-5-10-33(48-3)32(47)20-58-46(43)61-37/h4,7-8,15-18,23,27,31-33,37-38,40,42-43,46,48-51H,6,10-14,19-22,47H2,1-3H3,(H,52,53). The van der Waals surface area contributed by atoms with Crippen LogP contribution in [-0.4, -0.2) is 122 Å². The number of rotatable bonds is 13. The zero-order valence-electron chi connectivity index (χ0n) is 35.7. The van der Waals surface area contributed by atoms with Crippen molar-refractivity contribution in [3.63, 3.8) is 0 Å². The molecule has 0 amide bonds. The Balaban J connectivity index is 1.13. The number of esters is 1. The van der Waals surface area contributed by atoms with Crippen molar-refractivity contribution >= 4 is 11.9 Å². The summed E-state index contributed by atoms with van der Waals surface area (Å²) in [6.07, 6.45) is -6.11. The number of aliphatic carboxylic acids is 1. The van der Waals surface area contributed by atoms with Gasteiger partial charge in [-0.2, -0.15) is 4.89 Å². The summed E-state index contributed by atoms with van der Waals surface area (Å²) in [7, 11) is 1.65. The van der Waals surface area contributed by atoms with E-state index in [1.165, 1.54) is 0 Å². The lowest BCUT2D eigenvalue weighted by atomic mass is 9.86. The maximum atomic E-state index is 13.0. The number of aliphatic hydroxyl groups is 2. The number of ether oxygens (including phenoxy) is 8.